The Morgan fingerprint density at radius 3 is 2.53 bits per heavy atom. The molecule has 1 spiro atoms. The lowest BCUT2D eigenvalue weighted by atomic mass is 9.71. The second-order valence-electron chi connectivity index (χ2n) is 4.76. The summed E-state index contributed by atoms with van der Waals surface area (Å²) >= 11 is 0. The lowest BCUT2D eigenvalue weighted by Crippen LogP contribution is -2.42. The summed E-state index contributed by atoms with van der Waals surface area (Å²) in [7, 11) is 0. The highest BCUT2D eigenvalue weighted by Gasteiger charge is 2.44. The van der Waals surface area contributed by atoms with Gasteiger partial charge >= 0.3 is 0 Å². The van der Waals surface area contributed by atoms with E-state index in [2.05, 4.69) is 10.6 Å². The van der Waals surface area contributed by atoms with Gasteiger partial charge in [0.2, 0.25) is 11.8 Å². The van der Waals surface area contributed by atoms with Crippen molar-refractivity contribution in [2.45, 2.75) is 45.1 Å². The molecule has 84 valence electrons. The third-order valence-electron chi connectivity index (χ3n) is 3.72. The number of carbonyl (C=O) groups is 2. The molecule has 1 saturated heterocycles. The van der Waals surface area contributed by atoms with E-state index >= 15 is 0 Å². The van der Waals surface area contributed by atoms with Crippen LogP contribution in [0.4, 0.5) is 0 Å². The summed E-state index contributed by atoms with van der Waals surface area (Å²) in [5.41, 5.74) is -0.102. The molecule has 1 aliphatic heterocycles. The molecule has 0 aromatic heterocycles. The smallest absolute Gasteiger partial charge is 0.226 e. The minimum atomic E-state index is -0.102. The molecule has 0 unspecified atom stereocenters. The standard InChI is InChI=1S/C11H18N2O2/c1-8(14)13-9-2-4-11(5-3-9)6-7-12-10(11)15/h9H,2-7H2,1H3,(H,12,15)(H,13,14). The van der Waals surface area contributed by atoms with Crippen molar-refractivity contribution in [3.63, 3.8) is 0 Å². The SMILES string of the molecule is CC(=O)NC1CCC2(CCNC2=O)CC1. The number of hydrogen-bond acceptors (Lipinski definition) is 2. The molecule has 0 bridgehead atoms. The first-order chi connectivity index (χ1) is 7.12. The Balaban J connectivity index is 1.91. The van der Waals surface area contributed by atoms with E-state index in [0.29, 0.717) is 0 Å². The molecule has 0 atom stereocenters. The van der Waals surface area contributed by atoms with Gasteiger partial charge in [0.15, 0.2) is 0 Å². The quantitative estimate of drug-likeness (QED) is 0.665. The molecule has 2 aliphatic rings. The van der Waals surface area contributed by atoms with Crippen LogP contribution in [-0.2, 0) is 9.59 Å². The molecule has 15 heavy (non-hydrogen) atoms. The van der Waals surface area contributed by atoms with Gasteiger partial charge in [-0.15, -0.1) is 0 Å². The molecule has 4 heteroatoms. The van der Waals surface area contributed by atoms with Crippen LogP contribution in [0.1, 0.15) is 39.0 Å². The molecule has 2 rings (SSSR count). The van der Waals surface area contributed by atoms with Crippen LogP contribution in [0.25, 0.3) is 0 Å². The molecule has 2 N–H and O–H groups in total. The average Bonchev–Trinajstić information content (AvgIpc) is 2.52. The van der Waals surface area contributed by atoms with Gasteiger partial charge in [-0.25, -0.2) is 0 Å². The Hall–Kier alpha value is -1.06. The number of rotatable bonds is 1. The van der Waals surface area contributed by atoms with E-state index in [4.69, 9.17) is 0 Å². The van der Waals surface area contributed by atoms with Crippen molar-refractivity contribution in [2.24, 2.45) is 5.41 Å². The van der Waals surface area contributed by atoms with Gasteiger partial charge in [-0.05, 0) is 32.1 Å². The van der Waals surface area contributed by atoms with Gasteiger partial charge in [-0.2, -0.15) is 0 Å². The zero-order valence-electron chi connectivity index (χ0n) is 9.14. The number of amides is 2. The fraction of sp³-hybridized carbons (Fsp3) is 0.818. The zero-order valence-corrected chi connectivity index (χ0v) is 9.14. The molecule has 2 amide bonds. The summed E-state index contributed by atoms with van der Waals surface area (Å²) in [5.74, 6) is 0.260. The number of carbonyl (C=O) groups excluding carboxylic acids is 2. The topological polar surface area (TPSA) is 58.2 Å². The van der Waals surface area contributed by atoms with Gasteiger partial charge in [0.1, 0.15) is 0 Å². The highest BCUT2D eigenvalue weighted by Crippen LogP contribution is 2.41. The predicted octanol–water partition coefficient (Wildman–Crippen LogP) is 0.571. The number of hydrogen-bond donors (Lipinski definition) is 2. The van der Waals surface area contributed by atoms with Crippen molar-refractivity contribution in [2.75, 3.05) is 6.54 Å². The van der Waals surface area contributed by atoms with Crippen molar-refractivity contribution in [3.8, 4) is 0 Å². The average molecular weight is 210 g/mol. The third kappa shape index (κ3) is 1.98. The van der Waals surface area contributed by atoms with Crippen LogP contribution in [0.3, 0.4) is 0 Å². The summed E-state index contributed by atoms with van der Waals surface area (Å²) in [6, 6.07) is 0.279. The molecule has 0 aromatic carbocycles. The molecular weight excluding hydrogens is 192 g/mol. The maximum atomic E-state index is 11.7. The predicted molar refractivity (Wildman–Crippen MR) is 56.1 cm³/mol. The second kappa shape index (κ2) is 3.83. The van der Waals surface area contributed by atoms with Gasteiger partial charge in [-0.3, -0.25) is 9.59 Å². The summed E-state index contributed by atoms with van der Waals surface area (Å²) < 4.78 is 0. The largest absolute Gasteiger partial charge is 0.356 e. The van der Waals surface area contributed by atoms with Gasteiger partial charge in [-0.1, -0.05) is 0 Å². The fourth-order valence-corrected chi connectivity index (χ4v) is 2.80. The molecular formula is C11H18N2O2. The van der Waals surface area contributed by atoms with Crippen LogP contribution >= 0.6 is 0 Å². The van der Waals surface area contributed by atoms with Gasteiger partial charge < -0.3 is 10.6 Å². The van der Waals surface area contributed by atoms with E-state index in [1.54, 1.807) is 6.92 Å². The van der Waals surface area contributed by atoms with E-state index in [-0.39, 0.29) is 23.3 Å². The Kier molecular flexibility index (Phi) is 2.67. The van der Waals surface area contributed by atoms with E-state index < -0.39 is 0 Å². The van der Waals surface area contributed by atoms with Crippen LogP contribution < -0.4 is 10.6 Å². The van der Waals surface area contributed by atoms with Crippen LogP contribution in [0.15, 0.2) is 0 Å². The van der Waals surface area contributed by atoms with Gasteiger partial charge in [0, 0.05) is 19.5 Å². The molecule has 0 aromatic rings. The Morgan fingerprint density at radius 2 is 2.07 bits per heavy atom. The highest BCUT2D eigenvalue weighted by atomic mass is 16.2. The molecule has 4 nitrogen and oxygen atoms in total. The first-order valence-corrected chi connectivity index (χ1v) is 5.68. The van der Waals surface area contributed by atoms with Gasteiger partial charge in [0.25, 0.3) is 0 Å². The zero-order chi connectivity index (χ0) is 10.9. The van der Waals surface area contributed by atoms with Crippen LogP contribution in [-0.4, -0.2) is 24.4 Å². The maximum Gasteiger partial charge on any atom is 0.226 e. The summed E-state index contributed by atoms with van der Waals surface area (Å²) in [6.45, 7) is 2.37. The van der Waals surface area contributed by atoms with Crippen molar-refractivity contribution in [1.82, 2.24) is 10.6 Å². The highest BCUT2D eigenvalue weighted by molar-refractivity contribution is 5.84. The minimum Gasteiger partial charge on any atom is -0.356 e. The molecule has 1 aliphatic carbocycles. The Bertz CT molecular complexity index is 280. The van der Waals surface area contributed by atoms with E-state index in [9.17, 15) is 9.59 Å². The van der Waals surface area contributed by atoms with Crippen LogP contribution in [0, 0.1) is 5.41 Å². The lowest BCUT2D eigenvalue weighted by molar-refractivity contribution is -0.129. The normalized spacial score (nSPS) is 35.3. The third-order valence-corrected chi connectivity index (χ3v) is 3.72. The summed E-state index contributed by atoms with van der Waals surface area (Å²) in [6.07, 6.45) is 4.69. The lowest BCUT2D eigenvalue weighted by Gasteiger charge is -2.34. The first-order valence-electron chi connectivity index (χ1n) is 5.68. The van der Waals surface area contributed by atoms with E-state index in [0.717, 1.165) is 38.6 Å². The fourth-order valence-electron chi connectivity index (χ4n) is 2.80. The van der Waals surface area contributed by atoms with Crippen molar-refractivity contribution in [1.29, 1.82) is 0 Å². The molecule has 2 fully saturated rings. The van der Waals surface area contributed by atoms with Gasteiger partial charge in [0.05, 0.1) is 5.41 Å². The number of nitrogens with one attached hydrogen (secondary N) is 2. The monoisotopic (exact) mass is 210 g/mol. The summed E-state index contributed by atoms with van der Waals surface area (Å²) in [4.78, 5) is 22.6. The van der Waals surface area contributed by atoms with E-state index in [1.165, 1.54) is 0 Å². The van der Waals surface area contributed by atoms with Crippen LogP contribution in [0.2, 0.25) is 0 Å². The summed E-state index contributed by atoms with van der Waals surface area (Å²) in [5, 5.41) is 5.84. The molecule has 1 heterocycles. The van der Waals surface area contributed by atoms with Crippen molar-refractivity contribution >= 4 is 11.8 Å². The van der Waals surface area contributed by atoms with Crippen LogP contribution in [0.5, 0.6) is 0 Å². The van der Waals surface area contributed by atoms with Crippen molar-refractivity contribution < 1.29 is 9.59 Å². The maximum absolute atomic E-state index is 11.7. The first kappa shape index (κ1) is 10.5. The van der Waals surface area contributed by atoms with Crippen molar-refractivity contribution in [3.05, 3.63) is 0 Å². The molecule has 1 saturated carbocycles. The minimum absolute atomic E-state index is 0.0341. The second-order valence-corrected chi connectivity index (χ2v) is 4.76. The van der Waals surface area contributed by atoms with E-state index in [1.807, 2.05) is 0 Å². The Labute approximate surface area is 89.8 Å². The molecule has 0 radical (unpaired) electrons. The Morgan fingerprint density at radius 1 is 1.40 bits per heavy atom.